The fourth-order valence-corrected chi connectivity index (χ4v) is 4.60. The van der Waals surface area contributed by atoms with Crippen molar-refractivity contribution in [2.75, 3.05) is 32.1 Å². The smallest absolute Gasteiger partial charge is 0.175 e. The van der Waals surface area contributed by atoms with Crippen LogP contribution in [-0.4, -0.2) is 53.6 Å². The van der Waals surface area contributed by atoms with Crippen LogP contribution in [-0.2, 0) is 17.9 Å². The first-order valence-electron chi connectivity index (χ1n) is 11.0. The van der Waals surface area contributed by atoms with Crippen molar-refractivity contribution in [2.24, 2.45) is 0 Å². The Labute approximate surface area is 185 Å². The highest BCUT2D eigenvalue weighted by Gasteiger charge is 2.33. The molecular weight excluding hydrogens is 386 g/mol. The Hall–Kier alpha value is -2.70. The number of rotatable bonds is 7. The molecule has 2 atom stereocenters. The molecule has 0 aliphatic carbocycles. The molecule has 6 nitrogen and oxygen atoms in total. The Kier molecular flexibility index (Phi) is 6.68. The maximum absolute atomic E-state index is 6.53. The number of hydrogen-bond donors (Lipinski definition) is 1. The highest BCUT2D eigenvalue weighted by atomic mass is 16.5. The fraction of sp³-hybridized carbons (Fsp3) is 0.440. The van der Waals surface area contributed by atoms with Crippen LogP contribution in [0.2, 0.25) is 0 Å². The standard InChI is InChI=1S/C25H33N5O/c1-18-12-19(2)14-20(13-18)17-31-24-10-11-30(15-22(24)21-8-6-5-7-9-21)25-23(16-29(3)4)26-28-27-25/h5-9,12-14,22,24H,10-11,15-17H2,1-4H3,(H,26,27,28). The molecule has 0 bridgehead atoms. The highest BCUT2D eigenvalue weighted by Crippen LogP contribution is 2.33. The van der Waals surface area contributed by atoms with Gasteiger partial charge in [0.15, 0.2) is 5.82 Å². The van der Waals surface area contributed by atoms with Gasteiger partial charge in [0.05, 0.1) is 12.7 Å². The molecule has 31 heavy (non-hydrogen) atoms. The van der Waals surface area contributed by atoms with Crippen LogP contribution in [0.15, 0.2) is 48.5 Å². The SMILES string of the molecule is Cc1cc(C)cc(COC2CCN(c3n[nH]nc3CN(C)C)CC2c2ccccc2)c1. The molecule has 2 aromatic carbocycles. The first kappa shape index (κ1) is 21.5. The van der Waals surface area contributed by atoms with Crippen LogP contribution in [0.5, 0.6) is 0 Å². The number of nitrogens with one attached hydrogen (secondary N) is 1. The maximum atomic E-state index is 6.53. The molecule has 164 valence electrons. The number of ether oxygens (including phenoxy) is 1. The van der Waals surface area contributed by atoms with Crippen LogP contribution in [0.4, 0.5) is 5.82 Å². The molecule has 1 N–H and O–H groups in total. The van der Waals surface area contributed by atoms with E-state index in [2.05, 4.69) is 102 Å². The fourth-order valence-electron chi connectivity index (χ4n) is 4.60. The lowest BCUT2D eigenvalue weighted by atomic mass is 9.87. The summed E-state index contributed by atoms with van der Waals surface area (Å²) in [5.74, 6) is 1.24. The first-order chi connectivity index (χ1) is 15.0. The normalized spacial score (nSPS) is 19.2. The van der Waals surface area contributed by atoms with Gasteiger partial charge in [0, 0.05) is 25.6 Å². The van der Waals surface area contributed by atoms with Crippen LogP contribution in [0.1, 0.15) is 40.3 Å². The molecule has 1 fully saturated rings. The summed E-state index contributed by atoms with van der Waals surface area (Å²) in [6.45, 7) is 7.48. The second-order valence-electron chi connectivity index (χ2n) is 8.93. The number of aromatic amines is 1. The lowest BCUT2D eigenvalue weighted by Gasteiger charge is -2.39. The molecule has 0 radical (unpaired) electrons. The minimum absolute atomic E-state index is 0.170. The van der Waals surface area contributed by atoms with Gasteiger partial charge in [0.25, 0.3) is 0 Å². The number of anilines is 1. The Morgan fingerprint density at radius 3 is 2.52 bits per heavy atom. The van der Waals surface area contributed by atoms with Crippen molar-refractivity contribution >= 4 is 5.82 Å². The molecule has 2 unspecified atom stereocenters. The summed E-state index contributed by atoms with van der Waals surface area (Å²) in [7, 11) is 4.11. The molecule has 0 saturated carbocycles. The number of benzene rings is 2. The topological polar surface area (TPSA) is 57.3 Å². The molecule has 0 spiro atoms. The van der Waals surface area contributed by atoms with Gasteiger partial charge in [0.1, 0.15) is 5.69 Å². The quantitative estimate of drug-likeness (QED) is 0.626. The van der Waals surface area contributed by atoms with Gasteiger partial charge in [0.2, 0.25) is 0 Å². The second-order valence-corrected chi connectivity index (χ2v) is 8.93. The van der Waals surface area contributed by atoms with Crippen molar-refractivity contribution < 1.29 is 4.74 Å². The predicted octanol–water partition coefficient (Wildman–Crippen LogP) is 4.06. The third-order valence-electron chi connectivity index (χ3n) is 5.89. The molecule has 1 aromatic heterocycles. The van der Waals surface area contributed by atoms with Gasteiger partial charge in [-0.1, -0.05) is 59.7 Å². The van der Waals surface area contributed by atoms with E-state index in [0.29, 0.717) is 6.61 Å². The van der Waals surface area contributed by atoms with E-state index in [1.807, 2.05) is 0 Å². The van der Waals surface area contributed by atoms with E-state index >= 15 is 0 Å². The number of piperidine rings is 1. The number of hydrogen-bond acceptors (Lipinski definition) is 5. The van der Waals surface area contributed by atoms with Crippen molar-refractivity contribution in [3.63, 3.8) is 0 Å². The van der Waals surface area contributed by atoms with Gasteiger partial charge in [-0.2, -0.15) is 10.3 Å². The predicted molar refractivity (Wildman–Crippen MR) is 124 cm³/mol. The van der Waals surface area contributed by atoms with E-state index < -0.39 is 0 Å². The van der Waals surface area contributed by atoms with Crippen LogP contribution >= 0.6 is 0 Å². The summed E-state index contributed by atoms with van der Waals surface area (Å²) in [5.41, 5.74) is 6.12. The molecule has 1 aliphatic rings. The van der Waals surface area contributed by atoms with Crippen LogP contribution in [0, 0.1) is 13.8 Å². The monoisotopic (exact) mass is 419 g/mol. The Balaban J connectivity index is 1.52. The molecule has 1 saturated heterocycles. The Morgan fingerprint density at radius 2 is 1.81 bits per heavy atom. The summed E-state index contributed by atoms with van der Waals surface area (Å²) in [6, 6.07) is 17.4. The third-order valence-corrected chi connectivity index (χ3v) is 5.89. The zero-order chi connectivity index (χ0) is 21.8. The van der Waals surface area contributed by atoms with E-state index in [9.17, 15) is 0 Å². The van der Waals surface area contributed by atoms with E-state index in [0.717, 1.165) is 37.6 Å². The van der Waals surface area contributed by atoms with Gasteiger partial charge in [-0.25, -0.2) is 0 Å². The van der Waals surface area contributed by atoms with Gasteiger partial charge in [-0.15, -0.1) is 5.10 Å². The van der Waals surface area contributed by atoms with Crippen molar-refractivity contribution in [1.82, 2.24) is 20.3 Å². The Bertz CT molecular complexity index is 964. The largest absolute Gasteiger partial charge is 0.373 e. The lowest BCUT2D eigenvalue weighted by molar-refractivity contribution is 0.0111. The minimum atomic E-state index is 0.170. The Morgan fingerprint density at radius 1 is 1.06 bits per heavy atom. The van der Waals surface area contributed by atoms with Crippen molar-refractivity contribution in [3.8, 4) is 0 Å². The van der Waals surface area contributed by atoms with Gasteiger partial charge >= 0.3 is 0 Å². The minimum Gasteiger partial charge on any atom is -0.373 e. The number of aryl methyl sites for hydroxylation is 2. The van der Waals surface area contributed by atoms with Gasteiger partial charge < -0.3 is 14.5 Å². The lowest BCUT2D eigenvalue weighted by Crippen LogP contribution is -2.43. The molecule has 2 heterocycles. The van der Waals surface area contributed by atoms with Crippen molar-refractivity contribution in [1.29, 1.82) is 0 Å². The first-order valence-corrected chi connectivity index (χ1v) is 11.0. The summed E-state index contributed by atoms with van der Waals surface area (Å²) < 4.78 is 6.53. The van der Waals surface area contributed by atoms with E-state index in [-0.39, 0.29) is 12.0 Å². The van der Waals surface area contributed by atoms with E-state index in [1.165, 1.54) is 22.3 Å². The number of aromatic nitrogens is 3. The molecule has 0 amide bonds. The van der Waals surface area contributed by atoms with Gasteiger partial charge in [-0.05, 0) is 45.5 Å². The molecule has 4 rings (SSSR count). The van der Waals surface area contributed by atoms with Crippen LogP contribution in [0.3, 0.4) is 0 Å². The van der Waals surface area contributed by atoms with E-state index in [1.54, 1.807) is 0 Å². The number of nitrogens with zero attached hydrogens (tertiary/aromatic N) is 4. The van der Waals surface area contributed by atoms with Gasteiger partial charge in [-0.3, -0.25) is 0 Å². The van der Waals surface area contributed by atoms with E-state index in [4.69, 9.17) is 4.74 Å². The summed E-state index contributed by atoms with van der Waals surface area (Å²) in [6.07, 6.45) is 1.13. The summed E-state index contributed by atoms with van der Waals surface area (Å²) >= 11 is 0. The van der Waals surface area contributed by atoms with Crippen molar-refractivity contribution in [3.05, 3.63) is 76.5 Å². The zero-order valence-corrected chi connectivity index (χ0v) is 19.0. The summed E-state index contributed by atoms with van der Waals surface area (Å²) in [4.78, 5) is 4.48. The maximum Gasteiger partial charge on any atom is 0.175 e. The molecule has 6 heteroatoms. The van der Waals surface area contributed by atoms with Crippen LogP contribution in [0.25, 0.3) is 0 Å². The second kappa shape index (κ2) is 9.62. The number of H-pyrrole nitrogens is 1. The zero-order valence-electron chi connectivity index (χ0n) is 19.0. The average molecular weight is 420 g/mol. The molecule has 3 aromatic rings. The third kappa shape index (κ3) is 5.32. The van der Waals surface area contributed by atoms with Crippen molar-refractivity contribution in [2.45, 2.75) is 45.4 Å². The molecule has 1 aliphatic heterocycles. The average Bonchev–Trinajstić information content (AvgIpc) is 3.19. The summed E-state index contributed by atoms with van der Waals surface area (Å²) in [5, 5.41) is 11.7. The highest BCUT2D eigenvalue weighted by molar-refractivity contribution is 5.44. The van der Waals surface area contributed by atoms with Crippen LogP contribution < -0.4 is 4.90 Å². The molecular formula is C25H33N5O.